The van der Waals surface area contributed by atoms with Crippen molar-refractivity contribution < 1.29 is 13.9 Å². The van der Waals surface area contributed by atoms with Crippen LogP contribution in [0.4, 0.5) is 0 Å². The maximum atomic E-state index is 12.4. The molecule has 9 heteroatoms. The van der Waals surface area contributed by atoms with Gasteiger partial charge in [0.15, 0.2) is 0 Å². The van der Waals surface area contributed by atoms with Crippen molar-refractivity contribution in [3.05, 3.63) is 71.6 Å². The van der Waals surface area contributed by atoms with Gasteiger partial charge in [-0.25, -0.2) is 0 Å². The molecule has 0 atom stereocenters. The van der Waals surface area contributed by atoms with Crippen LogP contribution in [-0.2, 0) is 13.2 Å². The van der Waals surface area contributed by atoms with Gasteiger partial charge in [0.25, 0.3) is 0 Å². The summed E-state index contributed by atoms with van der Waals surface area (Å²) < 4.78 is 16.5. The van der Waals surface area contributed by atoms with E-state index in [4.69, 9.17) is 9.15 Å². The van der Waals surface area contributed by atoms with E-state index in [1.165, 1.54) is 6.08 Å². The van der Waals surface area contributed by atoms with Crippen molar-refractivity contribution in [2.24, 2.45) is 0 Å². The number of aromatic nitrogens is 2. The number of carbonyl (C=O) groups excluding carboxylic acids is 1. The molecule has 0 fully saturated rings. The fraction of sp³-hybridized carbons (Fsp3) is 0.158. The lowest BCUT2D eigenvalue weighted by molar-refractivity contribution is 0.103. The second-order valence-electron chi connectivity index (χ2n) is 5.65. The highest BCUT2D eigenvalue weighted by Gasteiger charge is 2.14. The second kappa shape index (κ2) is 9.56. The van der Waals surface area contributed by atoms with Crippen LogP contribution in [0.15, 0.2) is 58.8 Å². The van der Waals surface area contributed by atoms with E-state index in [2.05, 4.69) is 68.8 Å². The van der Waals surface area contributed by atoms with Gasteiger partial charge in [0, 0.05) is 11.0 Å². The third-order valence-electron chi connectivity index (χ3n) is 3.73. The van der Waals surface area contributed by atoms with Crippen molar-refractivity contribution in [3.8, 4) is 5.75 Å². The quantitative estimate of drug-likeness (QED) is 0.206. The third kappa shape index (κ3) is 5.06. The Kier molecular flexibility index (Phi) is 7.36. The van der Waals surface area contributed by atoms with E-state index in [1.54, 1.807) is 23.0 Å². The first-order chi connectivity index (χ1) is 13.4. The number of carbonyl (C=O) groups is 1. The maximum absolute atomic E-state index is 12.4. The molecule has 28 heavy (non-hydrogen) atoms. The van der Waals surface area contributed by atoms with Crippen LogP contribution in [0.2, 0.25) is 0 Å². The van der Waals surface area contributed by atoms with Crippen LogP contribution in [0, 0.1) is 0 Å². The first kappa shape index (κ1) is 21.5. The highest BCUT2D eigenvalue weighted by molar-refractivity contribution is 9.11. The van der Waals surface area contributed by atoms with Gasteiger partial charge in [-0.2, -0.15) is 5.10 Å². The van der Waals surface area contributed by atoms with Crippen molar-refractivity contribution in [2.45, 2.75) is 20.1 Å². The Bertz CT molecular complexity index is 1020. The fourth-order valence-electron chi connectivity index (χ4n) is 2.46. The fourth-order valence-corrected chi connectivity index (χ4v) is 5.43. The number of halogens is 4. The molecular weight excluding hydrogens is 624 g/mol. The zero-order chi connectivity index (χ0) is 20.3. The molecule has 0 saturated carbocycles. The molecule has 0 aliphatic rings. The third-order valence-corrected chi connectivity index (χ3v) is 5.95. The summed E-state index contributed by atoms with van der Waals surface area (Å²) in [6, 6.07) is 7.42. The molecule has 146 valence electrons. The number of ketones is 1. The summed E-state index contributed by atoms with van der Waals surface area (Å²) in [6.45, 7) is 2.81. The van der Waals surface area contributed by atoms with E-state index in [1.807, 2.05) is 25.1 Å². The number of hydrogen-bond donors (Lipinski definition) is 0. The molecule has 0 amide bonds. The number of nitrogens with zero attached hydrogens (tertiary/aromatic N) is 2. The Morgan fingerprint density at radius 2 is 1.89 bits per heavy atom. The number of aryl methyl sites for hydroxylation is 1. The van der Waals surface area contributed by atoms with E-state index in [0.717, 1.165) is 13.4 Å². The number of hydrogen-bond acceptors (Lipinski definition) is 4. The van der Waals surface area contributed by atoms with Gasteiger partial charge >= 0.3 is 0 Å². The summed E-state index contributed by atoms with van der Waals surface area (Å²) >= 11 is 13.7. The van der Waals surface area contributed by atoms with E-state index in [9.17, 15) is 4.79 Å². The molecule has 5 nitrogen and oxygen atoms in total. The monoisotopic (exact) mass is 634 g/mol. The van der Waals surface area contributed by atoms with Gasteiger partial charge in [0.1, 0.15) is 29.6 Å². The number of rotatable bonds is 7. The standard InChI is InChI=1S/C19H14Br4N2O3/c1-2-25-18(16(23)9-24-25)17(26)6-5-12-3-4-13(28-12)10-27-19-14(21)7-11(20)8-15(19)22/h3-9H,2,10H2,1H3/b6-5+. The molecule has 3 aromatic rings. The van der Waals surface area contributed by atoms with Crippen LogP contribution >= 0.6 is 63.7 Å². The normalized spacial score (nSPS) is 11.3. The molecule has 1 aromatic carbocycles. The number of benzene rings is 1. The lowest BCUT2D eigenvalue weighted by atomic mass is 10.2. The minimum Gasteiger partial charge on any atom is -0.483 e. The molecule has 0 radical (unpaired) electrons. The second-order valence-corrected chi connectivity index (χ2v) is 9.12. The summed E-state index contributed by atoms with van der Waals surface area (Å²) in [4.78, 5) is 12.4. The van der Waals surface area contributed by atoms with Crippen LogP contribution in [0.25, 0.3) is 6.08 Å². The van der Waals surface area contributed by atoms with Crippen LogP contribution in [0.5, 0.6) is 5.75 Å². The molecule has 3 rings (SSSR count). The Balaban J connectivity index is 1.67. The first-order valence-corrected chi connectivity index (χ1v) is 11.4. The molecule has 0 saturated heterocycles. The van der Waals surface area contributed by atoms with Crippen LogP contribution in [-0.4, -0.2) is 15.6 Å². The van der Waals surface area contributed by atoms with Gasteiger partial charge in [-0.05, 0) is 91.1 Å². The largest absolute Gasteiger partial charge is 0.483 e. The summed E-state index contributed by atoms with van der Waals surface area (Å²) in [6.07, 6.45) is 4.72. The Labute approximate surface area is 195 Å². The first-order valence-electron chi connectivity index (χ1n) is 8.18. The summed E-state index contributed by atoms with van der Waals surface area (Å²) in [5.74, 6) is 1.75. The lowest BCUT2D eigenvalue weighted by Gasteiger charge is -2.09. The molecule has 0 aliphatic carbocycles. The van der Waals surface area contributed by atoms with Gasteiger partial charge in [-0.15, -0.1) is 0 Å². The highest BCUT2D eigenvalue weighted by Crippen LogP contribution is 2.37. The van der Waals surface area contributed by atoms with Crippen LogP contribution < -0.4 is 4.74 Å². The molecule has 0 spiro atoms. The Morgan fingerprint density at radius 1 is 1.18 bits per heavy atom. The van der Waals surface area contributed by atoms with Crippen molar-refractivity contribution >= 4 is 75.6 Å². The Morgan fingerprint density at radius 3 is 2.57 bits per heavy atom. The molecule has 0 bridgehead atoms. The van der Waals surface area contributed by atoms with Crippen LogP contribution in [0.3, 0.4) is 0 Å². The molecular formula is C19H14Br4N2O3. The van der Waals surface area contributed by atoms with Gasteiger partial charge < -0.3 is 9.15 Å². The number of furan rings is 1. The SMILES string of the molecule is CCn1ncc(Br)c1C(=O)/C=C/c1ccc(COc2c(Br)cc(Br)cc2Br)o1. The molecule has 0 N–H and O–H groups in total. The predicted octanol–water partition coefficient (Wildman–Crippen LogP) is 7.02. The lowest BCUT2D eigenvalue weighted by Crippen LogP contribution is -2.07. The zero-order valence-corrected chi connectivity index (χ0v) is 20.9. The number of ether oxygens (including phenoxy) is 1. The van der Waals surface area contributed by atoms with Gasteiger partial charge in [-0.1, -0.05) is 15.9 Å². The van der Waals surface area contributed by atoms with E-state index in [0.29, 0.717) is 34.0 Å². The van der Waals surface area contributed by atoms with E-state index >= 15 is 0 Å². The van der Waals surface area contributed by atoms with Crippen molar-refractivity contribution in [2.75, 3.05) is 0 Å². The highest BCUT2D eigenvalue weighted by atomic mass is 79.9. The molecule has 2 heterocycles. The average molecular weight is 638 g/mol. The summed E-state index contributed by atoms with van der Waals surface area (Å²) in [7, 11) is 0. The smallest absolute Gasteiger partial charge is 0.205 e. The van der Waals surface area contributed by atoms with Gasteiger partial charge in [0.2, 0.25) is 5.78 Å². The molecule has 0 unspecified atom stereocenters. The molecule has 0 aliphatic heterocycles. The zero-order valence-electron chi connectivity index (χ0n) is 14.6. The van der Waals surface area contributed by atoms with Crippen molar-refractivity contribution in [3.63, 3.8) is 0 Å². The predicted molar refractivity (Wildman–Crippen MR) is 122 cm³/mol. The van der Waals surface area contributed by atoms with Crippen LogP contribution in [0.1, 0.15) is 28.9 Å². The van der Waals surface area contributed by atoms with Gasteiger partial charge in [-0.3, -0.25) is 9.48 Å². The summed E-state index contributed by atoms with van der Waals surface area (Å²) in [5.41, 5.74) is 0.513. The average Bonchev–Trinajstić information content (AvgIpc) is 3.25. The van der Waals surface area contributed by atoms with Crippen molar-refractivity contribution in [1.29, 1.82) is 0 Å². The number of allylic oxidation sites excluding steroid dienone is 1. The molecule has 2 aromatic heterocycles. The summed E-state index contributed by atoms with van der Waals surface area (Å²) in [5, 5.41) is 4.15. The van der Waals surface area contributed by atoms with E-state index < -0.39 is 0 Å². The van der Waals surface area contributed by atoms with E-state index in [-0.39, 0.29) is 12.4 Å². The van der Waals surface area contributed by atoms with Crippen molar-refractivity contribution in [1.82, 2.24) is 9.78 Å². The van der Waals surface area contributed by atoms with Gasteiger partial charge in [0.05, 0.1) is 19.6 Å². The topological polar surface area (TPSA) is 57.3 Å². The Hall–Kier alpha value is -1.16. The minimum absolute atomic E-state index is 0.150. The maximum Gasteiger partial charge on any atom is 0.205 e. The minimum atomic E-state index is -0.150.